The van der Waals surface area contributed by atoms with Crippen LogP contribution in [0.15, 0.2) is 0 Å². The number of hydrogen-bond acceptors (Lipinski definition) is 2. The van der Waals surface area contributed by atoms with E-state index in [1.54, 1.807) is 0 Å². The topological polar surface area (TPSA) is 38.0 Å². The Kier molecular flexibility index (Phi) is 4.02. The third kappa shape index (κ3) is 3.55. The third-order valence-corrected chi connectivity index (χ3v) is 2.65. The van der Waals surface area contributed by atoms with Crippen molar-refractivity contribution in [3.8, 4) is 0 Å². The van der Waals surface area contributed by atoms with Gasteiger partial charge in [-0.1, -0.05) is 33.1 Å². The van der Waals surface area contributed by atoms with Crippen molar-refractivity contribution in [2.24, 2.45) is 11.7 Å². The van der Waals surface area contributed by atoms with Crippen LogP contribution in [0.5, 0.6) is 0 Å². The van der Waals surface area contributed by atoms with Crippen molar-refractivity contribution in [2.45, 2.75) is 51.6 Å². The molecule has 0 bridgehead atoms. The molecular weight excluding hydrogens is 148 g/mol. The first-order chi connectivity index (χ1) is 5.68. The Labute approximate surface area is 75.9 Å². The van der Waals surface area contributed by atoms with Gasteiger partial charge in [0.1, 0.15) is 0 Å². The molecule has 1 atom stereocenters. The van der Waals surface area contributed by atoms with E-state index in [0.29, 0.717) is 12.1 Å². The molecule has 0 aromatic rings. The van der Waals surface area contributed by atoms with Gasteiger partial charge in [-0.3, -0.25) is 0 Å². The van der Waals surface area contributed by atoms with E-state index in [9.17, 15) is 0 Å². The standard InChI is InChI=1S/C10H22N2/c1-8(2)12-7-10(11)6-9-4-3-5-9/h8-10,12H,3-7,11H2,1-2H3. The highest BCUT2D eigenvalue weighted by Crippen LogP contribution is 2.29. The zero-order valence-electron chi connectivity index (χ0n) is 8.34. The van der Waals surface area contributed by atoms with Crippen molar-refractivity contribution in [3.63, 3.8) is 0 Å². The number of nitrogens with two attached hydrogens (primary N) is 1. The average molecular weight is 170 g/mol. The second-order valence-electron chi connectivity index (χ2n) is 4.36. The van der Waals surface area contributed by atoms with Crippen LogP contribution < -0.4 is 11.1 Å². The van der Waals surface area contributed by atoms with Crippen LogP contribution in [0.1, 0.15) is 39.5 Å². The van der Waals surface area contributed by atoms with Crippen molar-refractivity contribution >= 4 is 0 Å². The predicted molar refractivity (Wildman–Crippen MR) is 53.1 cm³/mol. The van der Waals surface area contributed by atoms with E-state index in [2.05, 4.69) is 19.2 Å². The number of nitrogens with one attached hydrogen (secondary N) is 1. The zero-order chi connectivity index (χ0) is 8.97. The Morgan fingerprint density at radius 2 is 2.08 bits per heavy atom. The predicted octanol–water partition coefficient (Wildman–Crippen LogP) is 1.50. The summed E-state index contributed by atoms with van der Waals surface area (Å²) in [7, 11) is 0. The lowest BCUT2D eigenvalue weighted by molar-refractivity contribution is 0.272. The van der Waals surface area contributed by atoms with Crippen LogP contribution in [0.4, 0.5) is 0 Å². The Morgan fingerprint density at radius 1 is 1.42 bits per heavy atom. The lowest BCUT2D eigenvalue weighted by Gasteiger charge is -2.28. The van der Waals surface area contributed by atoms with Gasteiger partial charge in [-0.25, -0.2) is 0 Å². The maximum atomic E-state index is 5.97. The molecule has 2 heteroatoms. The van der Waals surface area contributed by atoms with Gasteiger partial charge >= 0.3 is 0 Å². The monoisotopic (exact) mass is 170 g/mol. The first-order valence-corrected chi connectivity index (χ1v) is 5.17. The number of hydrogen-bond donors (Lipinski definition) is 2. The molecule has 0 radical (unpaired) electrons. The molecular formula is C10H22N2. The fraction of sp³-hybridized carbons (Fsp3) is 1.00. The summed E-state index contributed by atoms with van der Waals surface area (Å²) in [6.45, 7) is 5.31. The quantitative estimate of drug-likeness (QED) is 0.656. The molecule has 1 saturated carbocycles. The van der Waals surface area contributed by atoms with Crippen LogP contribution in [0.2, 0.25) is 0 Å². The van der Waals surface area contributed by atoms with E-state index >= 15 is 0 Å². The molecule has 1 aliphatic carbocycles. The van der Waals surface area contributed by atoms with E-state index in [-0.39, 0.29) is 0 Å². The lowest BCUT2D eigenvalue weighted by atomic mass is 9.81. The molecule has 0 heterocycles. The average Bonchev–Trinajstić information content (AvgIpc) is 1.93. The highest BCUT2D eigenvalue weighted by atomic mass is 14.9. The lowest BCUT2D eigenvalue weighted by Crippen LogP contribution is -2.39. The summed E-state index contributed by atoms with van der Waals surface area (Å²) in [6, 6.07) is 0.940. The van der Waals surface area contributed by atoms with Crippen LogP contribution in [0, 0.1) is 5.92 Å². The second kappa shape index (κ2) is 4.83. The molecule has 12 heavy (non-hydrogen) atoms. The van der Waals surface area contributed by atoms with Gasteiger partial charge in [0, 0.05) is 18.6 Å². The molecule has 0 aliphatic heterocycles. The maximum Gasteiger partial charge on any atom is 0.0168 e. The Bertz CT molecular complexity index is 119. The summed E-state index contributed by atoms with van der Waals surface area (Å²) in [4.78, 5) is 0. The van der Waals surface area contributed by atoms with Crippen LogP contribution in [-0.4, -0.2) is 18.6 Å². The van der Waals surface area contributed by atoms with Crippen LogP contribution in [0.3, 0.4) is 0 Å². The molecule has 0 saturated heterocycles. The summed E-state index contributed by atoms with van der Waals surface area (Å²) in [5.41, 5.74) is 5.97. The third-order valence-electron chi connectivity index (χ3n) is 2.65. The van der Waals surface area contributed by atoms with Gasteiger partial charge < -0.3 is 11.1 Å². The van der Waals surface area contributed by atoms with E-state index in [4.69, 9.17) is 5.73 Å². The molecule has 0 aromatic carbocycles. The maximum absolute atomic E-state index is 5.97. The molecule has 0 amide bonds. The van der Waals surface area contributed by atoms with Crippen LogP contribution in [0.25, 0.3) is 0 Å². The molecule has 1 unspecified atom stereocenters. The van der Waals surface area contributed by atoms with Crippen LogP contribution in [-0.2, 0) is 0 Å². The summed E-state index contributed by atoms with van der Waals surface area (Å²) >= 11 is 0. The fourth-order valence-corrected chi connectivity index (χ4v) is 1.63. The van der Waals surface area contributed by atoms with E-state index in [1.807, 2.05) is 0 Å². The summed E-state index contributed by atoms with van der Waals surface area (Å²) in [5, 5.41) is 3.37. The molecule has 0 spiro atoms. The fourth-order valence-electron chi connectivity index (χ4n) is 1.63. The second-order valence-corrected chi connectivity index (χ2v) is 4.36. The van der Waals surface area contributed by atoms with Gasteiger partial charge in [0.15, 0.2) is 0 Å². The number of rotatable bonds is 5. The van der Waals surface area contributed by atoms with Crippen molar-refractivity contribution in [1.82, 2.24) is 5.32 Å². The summed E-state index contributed by atoms with van der Waals surface area (Å²) in [5.74, 6) is 0.939. The van der Waals surface area contributed by atoms with Gasteiger partial charge in [0.25, 0.3) is 0 Å². The van der Waals surface area contributed by atoms with Crippen molar-refractivity contribution in [3.05, 3.63) is 0 Å². The highest BCUT2D eigenvalue weighted by Gasteiger charge is 2.19. The SMILES string of the molecule is CC(C)NCC(N)CC1CCC1. The molecule has 3 N–H and O–H groups in total. The molecule has 72 valence electrons. The minimum atomic E-state index is 0.373. The van der Waals surface area contributed by atoms with Gasteiger partial charge in [-0.2, -0.15) is 0 Å². The highest BCUT2D eigenvalue weighted by molar-refractivity contribution is 4.76. The van der Waals surface area contributed by atoms with Crippen molar-refractivity contribution < 1.29 is 0 Å². The summed E-state index contributed by atoms with van der Waals surface area (Å²) in [6.07, 6.45) is 5.47. The minimum Gasteiger partial charge on any atom is -0.327 e. The Hall–Kier alpha value is -0.0800. The first-order valence-electron chi connectivity index (χ1n) is 5.17. The van der Waals surface area contributed by atoms with Gasteiger partial charge in [-0.05, 0) is 12.3 Å². The van der Waals surface area contributed by atoms with Crippen molar-refractivity contribution in [2.75, 3.05) is 6.54 Å². The normalized spacial score (nSPS) is 21.0. The van der Waals surface area contributed by atoms with Gasteiger partial charge in [0.2, 0.25) is 0 Å². The largest absolute Gasteiger partial charge is 0.327 e. The Balaban J connectivity index is 1.98. The first kappa shape index (κ1) is 10.0. The van der Waals surface area contributed by atoms with E-state index < -0.39 is 0 Å². The summed E-state index contributed by atoms with van der Waals surface area (Å²) < 4.78 is 0. The molecule has 1 aliphatic rings. The molecule has 2 nitrogen and oxygen atoms in total. The van der Waals surface area contributed by atoms with Crippen LogP contribution >= 0.6 is 0 Å². The smallest absolute Gasteiger partial charge is 0.0168 e. The molecule has 0 aromatic heterocycles. The van der Waals surface area contributed by atoms with E-state index in [0.717, 1.165) is 12.5 Å². The van der Waals surface area contributed by atoms with Gasteiger partial charge in [-0.15, -0.1) is 0 Å². The van der Waals surface area contributed by atoms with Gasteiger partial charge in [0.05, 0.1) is 0 Å². The zero-order valence-corrected chi connectivity index (χ0v) is 8.34. The minimum absolute atomic E-state index is 0.373. The Morgan fingerprint density at radius 3 is 2.50 bits per heavy atom. The molecule has 1 rings (SSSR count). The van der Waals surface area contributed by atoms with Crippen molar-refractivity contribution in [1.29, 1.82) is 0 Å². The molecule has 1 fully saturated rings. The van der Waals surface area contributed by atoms with E-state index in [1.165, 1.54) is 25.7 Å².